The summed E-state index contributed by atoms with van der Waals surface area (Å²) in [5.41, 5.74) is 21.0. The van der Waals surface area contributed by atoms with Crippen molar-refractivity contribution >= 4 is 55.3 Å². The molecule has 0 saturated heterocycles. The summed E-state index contributed by atoms with van der Waals surface area (Å²) in [6.45, 7) is 48.7. The van der Waals surface area contributed by atoms with Crippen LogP contribution in [0.3, 0.4) is 0 Å². The van der Waals surface area contributed by atoms with E-state index in [0.717, 1.165) is 0 Å². The smallest absolute Gasteiger partial charge is 0.358 e. The number of hydrogen-bond donors (Lipinski definition) is 0. The third-order valence-corrected chi connectivity index (χ3v) is 36.5. The van der Waals surface area contributed by atoms with Gasteiger partial charge in [-0.15, -0.1) is 20.8 Å². The fourth-order valence-electron chi connectivity index (χ4n) is 13.8. The molecule has 9 rings (SSSR count). The van der Waals surface area contributed by atoms with Crippen LogP contribution in [0.25, 0.3) is 0 Å². The summed E-state index contributed by atoms with van der Waals surface area (Å²) in [6.07, 6.45) is 11.8. The van der Waals surface area contributed by atoms with Crippen LogP contribution in [0.1, 0.15) is 116 Å². The van der Waals surface area contributed by atoms with Crippen LogP contribution in [-0.4, -0.2) is 24.2 Å². The molecule has 0 amide bonds. The average Bonchev–Trinajstić information content (AvgIpc) is 3.83. The molecule has 0 nitrogen and oxygen atoms in total. The predicted octanol–water partition coefficient (Wildman–Crippen LogP) is 20.1. The van der Waals surface area contributed by atoms with Gasteiger partial charge in [-0.25, -0.2) is 16.7 Å². The monoisotopic (exact) mass is 1310 g/mol. The third-order valence-electron chi connectivity index (χ3n) is 19.7. The zero-order chi connectivity index (χ0) is 55.2. The quantitative estimate of drug-likeness (QED) is 0.1000. The first kappa shape index (κ1) is 94.7. The second kappa shape index (κ2) is 36.6. The third kappa shape index (κ3) is 16.6. The van der Waals surface area contributed by atoms with Crippen LogP contribution < -0.4 is 31.1 Å². The van der Waals surface area contributed by atoms with Crippen molar-refractivity contribution in [3.8, 4) is 0 Å². The van der Waals surface area contributed by atoms with Crippen LogP contribution >= 0.6 is 0 Å². The number of aryl methyl sites for hydroxylation is 6. The molecule has 0 radical (unpaired) electrons. The predicted molar refractivity (Wildman–Crippen MR) is 395 cm³/mol. The number of hydrogen-bond acceptors (Lipinski definition) is 0. The van der Waals surface area contributed by atoms with Gasteiger partial charge in [-0.3, -0.25) is 18.2 Å². The van der Waals surface area contributed by atoms with E-state index in [1.807, 2.05) is 0 Å². The molecule has 0 aliphatic heterocycles. The van der Waals surface area contributed by atoms with E-state index in [1.165, 1.54) is 109 Å². The molecule has 0 N–H and O–H groups in total. The molecule has 0 saturated carbocycles. The summed E-state index contributed by atoms with van der Waals surface area (Å²) in [6, 6.07) is 54.3. The van der Waals surface area contributed by atoms with Crippen LogP contribution in [0.2, 0.25) is 34.8 Å². The van der Waals surface area contributed by atoms with Crippen LogP contribution in [0.5, 0.6) is 0 Å². The maximum absolute atomic E-state index is 3.93. The van der Waals surface area contributed by atoms with E-state index in [9.17, 15) is 0 Å². The second-order valence-electron chi connectivity index (χ2n) is 23.8. The Kier molecular flexibility index (Phi) is 39.8. The van der Waals surface area contributed by atoms with Gasteiger partial charge in [0.2, 0.25) is 0 Å². The minimum atomic E-state index is -2.12. The second-order valence-corrected chi connectivity index (χ2v) is 36.9. The van der Waals surface area contributed by atoms with Gasteiger partial charge in [0.25, 0.3) is 0 Å². The van der Waals surface area contributed by atoms with Crippen molar-refractivity contribution < 1.29 is 65.2 Å². The van der Waals surface area contributed by atoms with E-state index >= 15 is 0 Å². The molecule has 0 aromatic heterocycles. The van der Waals surface area contributed by atoms with Gasteiger partial charge in [0.05, 0.1) is 0 Å². The summed E-state index contributed by atoms with van der Waals surface area (Å²) in [5, 5.41) is 8.99. The summed E-state index contributed by atoms with van der Waals surface area (Å²) in [4.78, 5) is 0. The topological polar surface area (TPSA) is 0 Å². The molecule has 3 aliphatic carbocycles. The van der Waals surface area contributed by atoms with Crippen LogP contribution in [0, 0.1) is 127 Å². The van der Waals surface area contributed by atoms with Crippen molar-refractivity contribution in [2.45, 2.75) is 159 Å². The largest absolute Gasteiger partial charge is 4.00 e. The molecular formula is C81H114Si3Ti3. The number of allylic oxidation sites excluding steroid dienone is 12. The molecular weight excluding hydrogens is 1200 g/mol. The first-order chi connectivity index (χ1) is 35.1. The van der Waals surface area contributed by atoms with E-state index in [0.29, 0.717) is 0 Å². The molecule has 462 valence electrons. The van der Waals surface area contributed by atoms with E-state index in [2.05, 4.69) is 308 Å². The average molecular weight is 1320 g/mol. The van der Waals surface area contributed by atoms with Crippen LogP contribution in [0.4, 0.5) is 0 Å². The Morgan fingerprint density at radius 3 is 0.908 bits per heavy atom. The van der Waals surface area contributed by atoms with E-state index in [-0.39, 0.29) is 147 Å². The maximum atomic E-state index is 3.93. The van der Waals surface area contributed by atoms with E-state index in [1.54, 1.807) is 5.19 Å². The van der Waals surface area contributed by atoms with Crippen molar-refractivity contribution in [1.29, 1.82) is 0 Å². The normalized spacial score (nSPS) is 19.6. The molecule has 87 heavy (non-hydrogen) atoms. The van der Waals surface area contributed by atoms with Gasteiger partial charge in [0.15, 0.2) is 0 Å². The van der Waals surface area contributed by atoms with Crippen molar-refractivity contribution in [3.63, 3.8) is 0 Å². The summed E-state index contributed by atoms with van der Waals surface area (Å²) in [7, 11) is -6.32. The Morgan fingerprint density at radius 2 is 0.586 bits per heavy atom. The van der Waals surface area contributed by atoms with Crippen molar-refractivity contribution in [2.24, 2.45) is 0 Å². The molecule has 6 heteroatoms. The Labute approximate surface area is 588 Å². The van der Waals surface area contributed by atoms with Gasteiger partial charge in [-0.1, -0.05) is 302 Å². The fraction of sp³-hybridized carbons (Fsp3) is 0.296. The zero-order valence-electron chi connectivity index (χ0n) is 60.4. The van der Waals surface area contributed by atoms with Crippen molar-refractivity contribution in [3.05, 3.63) is 314 Å². The summed E-state index contributed by atoms with van der Waals surface area (Å²) < 4.78 is 0. The standard InChI is InChI=1S/3C24H29Si.9CH3.3Ti/c1-17-12-11-13-18(2)23(17)25(7,22-14-9-8-10-15-22)24(6)16-19(3)20(4)21(24)5;1-17-13-18(2)15-23(14-17)25(7,22-11-9-8-10-12-22)24(6)16-19(3)20(4)21(24)5;1-17-13-14-18(2)23(15-17)25(7,22-11-9-8-10-12-22)24(6)16-19(3)20(4)21(24)5;;;;;;;;;;;;/h3*8-15H,1-7H3;9*1H3;;;/q12*-1;3*+4. The SMILES string of the molecule is CC1=[C-]C(C)([Si](C)(c2ccccc2)c2c(C)cccc2C)C(C)=C1C.CC1=[C-]C(C)([Si](C)(c2ccccc2)c2cc(C)cc(C)c2)C(C)=C1C.CC1=[C-]C(C)([Si](C)(c2ccccc2)c2cc(C)ccc2C)C(C)=C1C.[CH3-].[CH3-].[CH3-].[CH3-].[CH3-].[CH3-].[CH3-].[CH3-].[CH3-].[Ti+4].[Ti+4].[Ti+4]. The molecule has 6 unspecified atom stereocenters. The molecule has 0 heterocycles. The van der Waals surface area contributed by atoms with Gasteiger partial charge >= 0.3 is 65.2 Å². The zero-order valence-corrected chi connectivity index (χ0v) is 68.0. The van der Waals surface area contributed by atoms with Crippen LogP contribution in [0.15, 0.2) is 196 Å². The van der Waals surface area contributed by atoms with Gasteiger partial charge < -0.3 is 66.8 Å². The number of benzene rings is 6. The Balaban J connectivity index is -0.000000265. The molecule has 6 aromatic carbocycles. The molecule has 3 aliphatic rings. The molecule has 0 spiro atoms. The Bertz CT molecular complexity index is 3300. The number of rotatable bonds is 9. The Hall–Kier alpha value is -3.45. The molecule has 6 aromatic rings. The van der Waals surface area contributed by atoms with Crippen molar-refractivity contribution in [2.75, 3.05) is 0 Å². The van der Waals surface area contributed by atoms with Gasteiger partial charge in [-0.05, 0) is 46.7 Å². The van der Waals surface area contributed by atoms with Gasteiger partial charge in [0.1, 0.15) is 24.2 Å². The first-order valence-electron chi connectivity index (χ1n) is 27.4. The minimum Gasteiger partial charge on any atom is -0.358 e. The molecule has 0 bridgehead atoms. The van der Waals surface area contributed by atoms with Crippen LogP contribution in [-0.2, 0) is 65.2 Å². The summed E-state index contributed by atoms with van der Waals surface area (Å²) in [5.74, 6) is 0. The van der Waals surface area contributed by atoms with Crippen molar-refractivity contribution in [1.82, 2.24) is 0 Å². The molecule has 6 atom stereocenters. The van der Waals surface area contributed by atoms with E-state index in [4.69, 9.17) is 0 Å². The minimum absolute atomic E-state index is 0. The van der Waals surface area contributed by atoms with E-state index < -0.39 is 24.2 Å². The first-order valence-corrected chi connectivity index (χ1v) is 34.9. The molecule has 0 fully saturated rings. The van der Waals surface area contributed by atoms with Gasteiger partial charge in [0, 0.05) is 0 Å². The summed E-state index contributed by atoms with van der Waals surface area (Å²) >= 11 is 0. The Morgan fingerprint density at radius 1 is 0.287 bits per heavy atom. The fourth-order valence-corrected chi connectivity index (χ4v) is 28.9. The van der Waals surface area contributed by atoms with Gasteiger partial charge in [-0.2, -0.15) is 33.4 Å². The maximum Gasteiger partial charge on any atom is 4.00 e.